The highest BCUT2D eigenvalue weighted by Gasteiger charge is 2.39. The molecule has 2 aliphatic rings. The van der Waals surface area contributed by atoms with Crippen molar-refractivity contribution in [2.45, 2.75) is 77.4 Å². The van der Waals surface area contributed by atoms with E-state index in [1.165, 1.54) is 36.9 Å². The Bertz CT molecular complexity index is 774. The summed E-state index contributed by atoms with van der Waals surface area (Å²) in [5, 5.41) is 20.1. The third-order valence-electron chi connectivity index (χ3n) is 7.39. The molecular weight excluding hydrogens is 496 g/mol. The lowest BCUT2D eigenvalue weighted by Gasteiger charge is -2.42. The molecule has 2 aliphatic carbocycles. The maximum atomic E-state index is 10.0. The normalized spacial score (nSPS) is 19.0. The molecule has 36 heavy (non-hydrogen) atoms. The average molecular weight is 537 g/mol. The van der Waals surface area contributed by atoms with Crippen LogP contribution in [0, 0.1) is 10.8 Å². The van der Waals surface area contributed by atoms with E-state index in [2.05, 4.69) is 13.8 Å². The molecule has 2 aromatic rings. The summed E-state index contributed by atoms with van der Waals surface area (Å²) in [4.78, 5) is 10.2. The predicted octanol–water partition coefficient (Wildman–Crippen LogP) is 7.17. The summed E-state index contributed by atoms with van der Waals surface area (Å²) < 4.78 is 10.1. The molecule has 0 aromatic heterocycles. The van der Waals surface area contributed by atoms with E-state index >= 15 is 0 Å². The summed E-state index contributed by atoms with van der Waals surface area (Å²) in [7, 11) is 0. The van der Waals surface area contributed by atoms with Crippen LogP contribution in [-0.4, -0.2) is 33.9 Å². The van der Waals surface area contributed by atoms with Gasteiger partial charge in [-0.1, -0.05) is 63.1 Å². The van der Waals surface area contributed by atoms with Crippen molar-refractivity contribution in [2.24, 2.45) is 10.8 Å². The highest BCUT2D eigenvalue weighted by atomic mass is 32.2. The van der Waals surface area contributed by atoms with Gasteiger partial charge in [-0.2, -0.15) is 0 Å². The number of aliphatic hydroxyl groups excluding tert-OH is 2. The van der Waals surface area contributed by atoms with Crippen molar-refractivity contribution in [3.05, 3.63) is 60.7 Å². The number of rotatable bonds is 14. The van der Waals surface area contributed by atoms with E-state index in [0.717, 1.165) is 50.0 Å². The van der Waals surface area contributed by atoms with Gasteiger partial charge in [-0.05, 0) is 73.6 Å². The summed E-state index contributed by atoms with van der Waals surface area (Å²) in [6, 6.07) is 18.8. The molecular formula is C28H40O6S2. The molecule has 2 fully saturated rings. The molecule has 2 saturated carbocycles. The first kappa shape index (κ1) is 29.1. The maximum Gasteiger partial charge on any atom is 0.166 e. The predicted molar refractivity (Wildman–Crippen MR) is 146 cm³/mol. The fraction of sp³-hybridized carbons (Fsp3) is 0.571. The summed E-state index contributed by atoms with van der Waals surface area (Å²) in [5.74, 6) is 2.86. The van der Waals surface area contributed by atoms with Crippen LogP contribution in [-0.2, 0) is 8.67 Å². The zero-order valence-electron chi connectivity index (χ0n) is 21.3. The van der Waals surface area contributed by atoms with Crippen LogP contribution in [0.2, 0.25) is 0 Å². The van der Waals surface area contributed by atoms with E-state index in [4.69, 9.17) is 18.4 Å². The Balaban J connectivity index is 0.000000201. The minimum absolute atomic E-state index is 0.140. The van der Waals surface area contributed by atoms with Gasteiger partial charge in [-0.25, -0.2) is 0 Å². The number of hydrogen-bond donors (Lipinski definition) is 2. The second-order valence-corrected chi connectivity index (χ2v) is 11.8. The smallest absolute Gasteiger partial charge is 0.166 e. The maximum absolute atomic E-state index is 10.0. The number of benzene rings is 2. The molecule has 4 rings (SSSR count). The first-order valence-electron chi connectivity index (χ1n) is 12.8. The van der Waals surface area contributed by atoms with Crippen molar-refractivity contribution in [2.75, 3.05) is 11.5 Å². The Morgan fingerprint density at radius 2 is 1.03 bits per heavy atom. The lowest BCUT2D eigenvalue weighted by Crippen LogP contribution is -2.38. The van der Waals surface area contributed by atoms with Crippen molar-refractivity contribution in [3.8, 4) is 11.5 Å². The first-order chi connectivity index (χ1) is 17.4. The molecule has 0 saturated heterocycles. The van der Waals surface area contributed by atoms with Gasteiger partial charge in [-0.15, -0.1) is 8.67 Å². The van der Waals surface area contributed by atoms with E-state index in [1.54, 1.807) is 0 Å². The van der Waals surface area contributed by atoms with Gasteiger partial charge in [0.05, 0.1) is 12.2 Å². The van der Waals surface area contributed by atoms with Crippen LogP contribution in [0.3, 0.4) is 0 Å². The van der Waals surface area contributed by atoms with Gasteiger partial charge >= 0.3 is 0 Å². The minimum atomic E-state index is -0.223. The second kappa shape index (κ2) is 15.1. The fourth-order valence-electron chi connectivity index (χ4n) is 4.30. The van der Waals surface area contributed by atoms with Gasteiger partial charge in [0.1, 0.15) is 0 Å². The molecule has 0 spiro atoms. The molecule has 0 bridgehead atoms. The number of para-hydroxylation sites is 2. The Labute approximate surface area is 224 Å². The van der Waals surface area contributed by atoms with E-state index in [0.29, 0.717) is 11.5 Å². The molecule has 0 radical (unpaired) electrons. The molecule has 8 heteroatoms. The van der Waals surface area contributed by atoms with Crippen LogP contribution in [0.15, 0.2) is 60.7 Å². The molecule has 2 N–H and O–H groups in total. The standard InChI is InChI=1S/2C14H20O3S/c2*1-14(9-5-10-14)13(15)8-11-18-17-16-12-6-3-2-4-7-12/h2*2-4,6-7,13,15H,5,8-11H2,1H3. The number of aliphatic hydroxyl groups is 2. The lowest BCUT2D eigenvalue weighted by molar-refractivity contribution is -0.0783. The highest BCUT2D eigenvalue weighted by Crippen LogP contribution is 2.45. The summed E-state index contributed by atoms with van der Waals surface area (Å²) in [6.07, 6.45) is 8.10. The zero-order chi connectivity index (χ0) is 25.7. The van der Waals surface area contributed by atoms with E-state index in [-0.39, 0.29) is 23.0 Å². The van der Waals surface area contributed by atoms with Gasteiger partial charge in [0.15, 0.2) is 11.5 Å². The molecule has 2 unspecified atom stereocenters. The quantitative estimate of drug-likeness (QED) is 0.114. The molecule has 0 aliphatic heterocycles. The van der Waals surface area contributed by atoms with Crippen molar-refractivity contribution >= 4 is 24.1 Å². The van der Waals surface area contributed by atoms with Crippen LogP contribution in [0.25, 0.3) is 0 Å². The monoisotopic (exact) mass is 536 g/mol. The molecule has 2 aromatic carbocycles. The SMILES string of the molecule is CC1(C(O)CCSOOc2ccccc2)CCC1.CC1(C(O)CCSOOc2ccccc2)CCC1. The van der Waals surface area contributed by atoms with Crippen molar-refractivity contribution in [1.82, 2.24) is 0 Å². The van der Waals surface area contributed by atoms with Gasteiger partial charge in [0.2, 0.25) is 0 Å². The molecule has 0 heterocycles. The van der Waals surface area contributed by atoms with Crippen molar-refractivity contribution < 1.29 is 28.7 Å². The summed E-state index contributed by atoms with van der Waals surface area (Å²) in [5.41, 5.74) is 0.279. The highest BCUT2D eigenvalue weighted by molar-refractivity contribution is 7.94. The Morgan fingerprint density at radius 1 is 0.667 bits per heavy atom. The van der Waals surface area contributed by atoms with Crippen LogP contribution in [0.1, 0.15) is 65.2 Å². The topological polar surface area (TPSA) is 77.4 Å². The van der Waals surface area contributed by atoms with Gasteiger partial charge in [-0.3, -0.25) is 0 Å². The van der Waals surface area contributed by atoms with Gasteiger partial charge in [0.25, 0.3) is 0 Å². The average Bonchev–Trinajstić information content (AvgIpc) is 2.86. The van der Waals surface area contributed by atoms with Crippen LogP contribution in [0.4, 0.5) is 0 Å². The van der Waals surface area contributed by atoms with Crippen LogP contribution < -0.4 is 9.78 Å². The molecule has 2 atom stereocenters. The van der Waals surface area contributed by atoms with Gasteiger partial charge < -0.3 is 20.0 Å². The van der Waals surface area contributed by atoms with E-state index in [9.17, 15) is 10.2 Å². The Kier molecular flexibility index (Phi) is 12.2. The minimum Gasteiger partial charge on any atom is -0.393 e. The molecule has 0 amide bonds. The van der Waals surface area contributed by atoms with E-state index < -0.39 is 0 Å². The van der Waals surface area contributed by atoms with Crippen LogP contribution in [0.5, 0.6) is 11.5 Å². The molecule has 6 nitrogen and oxygen atoms in total. The third-order valence-corrected chi connectivity index (χ3v) is 8.53. The number of hydrogen-bond acceptors (Lipinski definition) is 8. The van der Waals surface area contributed by atoms with Crippen LogP contribution >= 0.6 is 24.1 Å². The Hall–Kier alpha value is -1.42. The van der Waals surface area contributed by atoms with E-state index in [1.807, 2.05) is 60.7 Å². The van der Waals surface area contributed by atoms with Crippen molar-refractivity contribution in [1.29, 1.82) is 0 Å². The summed E-state index contributed by atoms with van der Waals surface area (Å²) >= 11 is 2.49. The third kappa shape index (κ3) is 9.47. The zero-order valence-corrected chi connectivity index (χ0v) is 23.0. The van der Waals surface area contributed by atoms with Crippen molar-refractivity contribution in [3.63, 3.8) is 0 Å². The van der Waals surface area contributed by atoms with Gasteiger partial charge in [0, 0.05) is 35.6 Å². The second-order valence-electron chi connectivity index (χ2n) is 10.2. The summed E-state index contributed by atoms with van der Waals surface area (Å²) in [6.45, 7) is 4.32. The Morgan fingerprint density at radius 3 is 1.33 bits per heavy atom. The fourth-order valence-corrected chi connectivity index (χ4v) is 5.33. The lowest BCUT2D eigenvalue weighted by atomic mass is 9.66. The first-order valence-corrected chi connectivity index (χ1v) is 14.6. The molecule has 200 valence electrons. The largest absolute Gasteiger partial charge is 0.393 e.